The van der Waals surface area contributed by atoms with Crippen molar-refractivity contribution in [3.05, 3.63) is 69.8 Å². The summed E-state index contributed by atoms with van der Waals surface area (Å²) in [7, 11) is 0. The molecule has 0 N–H and O–H groups in total. The van der Waals surface area contributed by atoms with Gasteiger partial charge in [0.05, 0.1) is 28.4 Å². The number of hydrogen-bond donors (Lipinski definition) is 0. The molecule has 0 atom stereocenters. The molecule has 0 saturated carbocycles. The van der Waals surface area contributed by atoms with Gasteiger partial charge in [-0.1, -0.05) is 24.3 Å². The van der Waals surface area contributed by atoms with Crippen LogP contribution in [0.1, 0.15) is 18.1 Å². The van der Waals surface area contributed by atoms with E-state index in [2.05, 4.69) is 24.0 Å². The number of aromatic nitrogens is 1. The molecule has 1 amide bonds. The number of nitrogens with zero attached hydrogens (tertiary/aromatic N) is 4. The smallest absolute Gasteiger partial charge is 0.269 e. The molecule has 4 rings (SSSR count). The number of thiazole rings is 1. The highest BCUT2D eigenvalue weighted by Gasteiger charge is 2.20. The molecule has 3 aromatic rings. The van der Waals surface area contributed by atoms with Gasteiger partial charge in [-0.15, -0.1) is 0 Å². The minimum atomic E-state index is -0.441. The van der Waals surface area contributed by atoms with Crippen LogP contribution in [-0.2, 0) is 16.0 Å². The molecule has 8 nitrogen and oxygen atoms in total. The number of fused-ring (bicyclic) bond motifs is 1. The van der Waals surface area contributed by atoms with Crippen LogP contribution in [0.15, 0.2) is 48.5 Å². The first-order valence-corrected chi connectivity index (χ1v) is 11.8. The Bertz CT molecular complexity index is 1150. The Morgan fingerprint density at radius 1 is 1.24 bits per heavy atom. The second-order valence-corrected chi connectivity index (χ2v) is 8.79. The molecule has 0 bridgehead atoms. The maximum absolute atomic E-state index is 13.2. The van der Waals surface area contributed by atoms with Crippen molar-refractivity contribution in [1.82, 2.24) is 9.88 Å². The summed E-state index contributed by atoms with van der Waals surface area (Å²) in [6.07, 6.45) is 4.13. The minimum Gasteiger partial charge on any atom is -0.379 e. The molecule has 2 heterocycles. The summed E-state index contributed by atoms with van der Waals surface area (Å²) in [4.78, 5) is 32.4. The molecule has 0 unspecified atom stereocenters. The van der Waals surface area contributed by atoms with Crippen LogP contribution in [0.4, 0.5) is 10.8 Å². The minimum absolute atomic E-state index is 0.0199. The van der Waals surface area contributed by atoms with E-state index in [4.69, 9.17) is 9.72 Å². The number of amides is 1. The number of nitro benzene ring substituents is 1. The first-order chi connectivity index (χ1) is 16.0. The second kappa shape index (κ2) is 10.7. The van der Waals surface area contributed by atoms with Gasteiger partial charge in [0.1, 0.15) is 0 Å². The highest BCUT2D eigenvalue weighted by Crippen LogP contribution is 2.30. The van der Waals surface area contributed by atoms with E-state index in [1.165, 1.54) is 35.1 Å². The van der Waals surface area contributed by atoms with Crippen molar-refractivity contribution < 1.29 is 14.5 Å². The summed E-state index contributed by atoms with van der Waals surface area (Å²) in [5.74, 6) is -0.170. The molecule has 0 spiro atoms. The van der Waals surface area contributed by atoms with Gasteiger partial charge in [-0.3, -0.25) is 24.7 Å². The maximum Gasteiger partial charge on any atom is 0.269 e. The average Bonchev–Trinajstić information content (AvgIpc) is 3.26. The number of nitro groups is 1. The van der Waals surface area contributed by atoms with E-state index in [0.29, 0.717) is 24.9 Å². The van der Waals surface area contributed by atoms with Crippen LogP contribution in [0.5, 0.6) is 0 Å². The van der Waals surface area contributed by atoms with E-state index in [0.717, 1.165) is 41.8 Å². The summed E-state index contributed by atoms with van der Waals surface area (Å²) in [5.41, 5.74) is 2.86. The Morgan fingerprint density at radius 3 is 2.70 bits per heavy atom. The van der Waals surface area contributed by atoms with Crippen LogP contribution in [0.2, 0.25) is 0 Å². The summed E-state index contributed by atoms with van der Waals surface area (Å²) >= 11 is 1.52. The van der Waals surface area contributed by atoms with Crippen LogP contribution >= 0.6 is 11.3 Å². The largest absolute Gasteiger partial charge is 0.379 e. The van der Waals surface area contributed by atoms with Crippen molar-refractivity contribution in [2.45, 2.75) is 13.3 Å². The third-order valence-corrected chi connectivity index (χ3v) is 6.65. The molecule has 0 radical (unpaired) electrons. The van der Waals surface area contributed by atoms with Crippen molar-refractivity contribution in [3.63, 3.8) is 0 Å². The van der Waals surface area contributed by atoms with E-state index in [9.17, 15) is 14.9 Å². The molecule has 2 aromatic carbocycles. The van der Waals surface area contributed by atoms with Crippen LogP contribution in [0.25, 0.3) is 16.3 Å². The lowest BCUT2D eigenvalue weighted by atomic mass is 10.2. The van der Waals surface area contributed by atoms with Gasteiger partial charge < -0.3 is 4.74 Å². The number of benzene rings is 2. The fourth-order valence-corrected chi connectivity index (χ4v) is 4.68. The van der Waals surface area contributed by atoms with Gasteiger partial charge in [0.2, 0.25) is 0 Å². The average molecular weight is 467 g/mol. The van der Waals surface area contributed by atoms with E-state index < -0.39 is 4.92 Å². The lowest BCUT2D eigenvalue weighted by Crippen LogP contribution is -2.42. The molecule has 1 aromatic heterocycles. The number of hydrogen-bond acceptors (Lipinski definition) is 7. The number of carbonyl (C=O) groups is 1. The number of morpholine rings is 1. The molecule has 1 aliphatic heterocycles. The Balaban J connectivity index is 1.55. The number of aryl methyl sites for hydroxylation is 1. The van der Waals surface area contributed by atoms with Crippen LogP contribution in [0, 0.1) is 10.1 Å². The second-order valence-electron chi connectivity index (χ2n) is 7.78. The first-order valence-electron chi connectivity index (χ1n) is 11.0. The van der Waals surface area contributed by atoms with Crippen molar-refractivity contribution in [3.8, 4) is 0 Å². The molecule has 1 fully saturated rings. The summed E-state index contributed by atoms with van der Waals surface area (Å²) < 4.78 is 6.49. The molecule has 1 saturated heterocycles. The lowest BCUT2D eigenvalue weighted by Gasteiger charge is -2.28. The van der Waals surface area contributed by atoms with Crippen LogP contribution in [-0.4, -0.2) is 60.1 Å². The highest BCUT2D eigenvalue weighted by molar-refractivity contribution is 7.22. The van der Waals surface area contributed by atoms with Gasteiger partial charge in [-0.05, 0) is 47.9 Å². The summed E-state index contributed by atoms with van der Waals surface area (Å²) in [6.45, 7) is 6.47. The lowest BCUT2D eigenvalue weighted by molar-refractivity contribution is -0.384. The topological polar surface area (TPSA) is 88.8 Å². The monoisotopic (exact) mass is 466 g/mol. The van der Waals surface area contributed by atoms with Crippen molar-refractivity contribution in [1.29, 1.82) is 0 Å². The summed E-state index contributed by atoms with van der Waals surface area (Å²) in [6, 6.07) is 12.3. The number of anilines is 1. The fraction of sp³-hybridized carbons (Fsp3) is 0.333. The molecule has 1 aliphatic rings. The van der Waals surface area contributed by atoms with Crippen LogP contribution < -0.4 is 4.90 Å². The van der Waals surface area contributed by atoms with E-state index in [-0.39, 0.29) is 11.6 Å². The van der Waals surface area contributed by atoms with Gasteiger partial charge in [0.25, 0.3) is 11.6 Å². The number of non-ortho nitro benzene ring substituents is 1. The molecule has 172 valence electrons. The van der Waals surface area contributed by atoms with Gasteiger partial charge >= 0.3 is 0 Å². The normalized spacial score (nSPS) is 14.7. The highest BCUT2D eigenvalue weighted by atomic mass is 32.1. The van der Waals surface area contributed by atoms with Crippen molar-refractivity contribution >= 4 is 44.4 Å². The van der Waals surface area contributed by atoms with Gasteiger partial charge in [0, 0.05) is 44.4 Å². The number of carbonyl (C=O) groups excluding carboxylic acids is 1. The quantitative estimate of drug-likeness (QED) is 0.282. The third-order valence-electron chi connectivity index (χ3n) is 5.61. The Morgan fingerprint density at radius 2 is 2.00 bits per heavy atom. The SMILES string of the molecule is CCc1ccc2nc(N(CCN3CCOCC3)C(=O)/C=C/c3ccc([N+](=O)[O-])cc3)sc2c1. The standard InChI is InChI=1S/C24H26N4O4S/c1-2-18-5-9-21-22(17-18)33-24(25-21)27(12-11-26-13-15-32-16-14-26)23(29)10-6-19-3-7-20(8-4-19)28(30)31/h3-10,17H,2,11-16H2,1H3/b10-6+. The Hall–Kier alpha value is -3.14. The molecular formula is C24H26N4O4S. The molecular weight excluding hydrogens is 440 g/mol. The van der Waals surface area contributed by atoms with Gasteiger partial charge in [-0.25, -0.2) is 4.98 Å². The summed E-state index contributed by atoms with van der Waals surface area (Å²) in [5, 5.41) is 11.5. The van der Waals surface area contributed by atoms with E-state index in [1.54, 1.807) is 23.1 Å². The predicted molar refractivity (Wildman–Crippen MR) is 131 cm³/mol. The zero-order valence-electron chi connectivity index (χ0n) is 18.5. The Labute approximate surface area is 196 Å². The molecule has 9 heteroatoms. The molecule has 33 heavy (non-hydrogen) atoms. The number of rotatable bonds is 8. The maximum atomic E-state index is 13.2. The first kappa shape index (κ1) is 23.0. The molecule has 0 aliphatic carbocycles. The van der Waals surface area contributed by atoms with E-state index in [1.807, 2.05) is 6.07 Å². The van der Waals surface area contributed by atoms with Crippen molar-refractivity contribution in [2.24, 2.45) is 0 Å². The number of ether oxygens (including phenoxy) is 1. The Kier molecular flexibility index (Phi) is 7.43. The van der Waals surface area contributed by atoms with Gasteiger partial charge in [0.15, 0.2) is 5.13 Å². The van der Waals surface area contributed by atoms with Gasteiger partial charge in [-0.2, -0.15) is 0 Å². The van der Waals surface area contributed by atoms with Crippen molar-refractivity contribution in [2.75, 3.05) is 44.3 Å². The zero-order valence-corrected chi connectivity index (χ0v) is 19.3. The van der Waals surface area contributed by atoms with Crippen LogP contribution in [0.3, 0.4) is 0 Å². The third kappa shape index (κ3) is 5.81. The predicted octanol–water partition coefficient (Wildman–Crippen LogP) is 4.15. The van der Waals surface area contributed by atoms with E-state index >= 15 is 0 Å². The fourth-order valence-electron chi connectivity index (χ4n) is 3.62. The zero-order chi connectivity index (χ0) is 23.2.